The summed E-state index contributed by atoms with van der Waals surface area (Å²) in [7, 11) is 0.914. The van der Waals surface area contributed by atoms with Gasteiger partial charge in [-0.1, -0.05) is 11.6 Å². The SMILES string of the molecule is COC(=O)C1=C(CF)NC(Cn2cnc(CCN)c2)=C(C(=O)OC(C)C)C1c1c(F)ccc(Cl)c1C(F)(F)F. The minimum Gasteiger partial charge on any atom is -0.466 e. The number of methoxy groups -OCH3 is 1. The maximum atomic E-state index is 15.4. The van der Waals surface area contributed by atoms with Gasteiger partial charge in [-0.05, 0) is 32.5 Å². The molecule has 2 aromatic rings. The first-order valence-corrected chi connectivity index (χ1v) is 12.1. The molecule has 212 valence electrons. The molecule has 8 nitrogen and oxygen atoms in total. The highest BCUT2D eigenvalue weighted by atomic mass is 35.5. The molecule has 1 unspecified atom stereocenters. The number of allylic oxidation sites excluding steroid dienone is 2. The predicted octanol–water partition coefficient (Wildman–Crippen LogP) is 4.18. The molecule has 0 saturated heterocycles. The molecule has 3 N–H and O–H groups in total. The van der Waals surface area contributed by atoms with Crippen molar-refractivity contribution in [3.8, 4) is 0 Å². The monoisotopic (exact) mass is 576 g/mol. The van der Waals surface area contributed by atoms with Crippen molar-refractivity contribution in [2.75, 3.05) is 20.3 Å². The number of nitrogens with zero attached hydrogens (tertiary/aromatic N) is 2. The average Bonchev–Trinajstić information content (AvgIpc) is 3.29. The lowest BCUT2D eigenvalue weighted by atomic mass is 9.77. The van der Waals surface area contributed by atoms with Gasteiger partial charge in [-0.3, -0.25) is 0 Å². The predicted molar refractivity (Wildman–Crippen MR) is 131 cm³/mol. The van der Waals surface area contributed by atoms with E-state index in [1.54, 1.807) is 6.20 Å². The summed E-state index contributed by atoms with van der Waals surface area (Å²) in [5, 5.41) is 1.74. The summed E-state index contributed by atoms with van der Waals surface area (Å²) in [5.41, 5.74) is 1.41. The van der Waals surface area contributed by atoms with Gasteiger partial charge >= 0.3 is 18.1 Å². The number of nitrogens with two attached hydrogens (primary N) is 1. The minimum atomic E-state index is -5.22. The number of hydrogen-bond donors (Lipinski definition) is 2. The zero-order valence-corrected chi connectivity index (χ0v) is 21.9. The van der Waals surface area contributed by atoms with E-state index in [9.17, 15) is 27.2 Å². The standard InChI is InChI=1S/C25H26ClF5N4O4/c1-12(2)39-24(37)20-17(10-35-9-13(6-7-32)33-11-35)34-16(8-27)19(23(36)38-3)21(20)18-15(28)5-4-14(26)22(18)25(29,30)31/h4-5,9,11-12,21,34H,6-8,10,32H2,1-3H3. The van der Waals surface area contributed by atoms with E-state index in [1.807, 2.05) is 0 Å². The fourth-order valence-electron chi connectivity index (χ4n) is 4.29. The summed E-state index contributed by atoms with van der Waals surface area (Å²) in [6.45, 7) is 1.63. The molecule has 2 heterocycles. The molecule has 0 spiro atoms. The molecule has 0 saturated carbocycles. The lowest BCUT2D eigenvalue weighted by Gasteiger charge is -2.33. The summed E-state index contributed by atoms with van der Waals surface area (Å²) >= 11 is 5.88. The van der Waals surface area contributed by atoms with Gasteiger partial charge in [0.25, 0.3) is 0 Å². The zero-order valence-electron chi connectivity index (χ0n) is 21.2. The van der Waals surface area contributed by atoms with Crippen molar-refractivity contribution in [1.82, 2.24) is 14.9 Å². The van der Waals surface area contributed by atoms with Gasteiger partial charge in [0.15, 0.2) is 0 Å². The lowest BCUT2D eigenvalue weighted by molar-refractivity contribution is -0.144. The molecule has 0 aliphatic carbocycles. The van der Waals surface area contributed by atoms with Crippen LogP contribution in [-0.4, -0.2) is 47.9 Å². The highest BCUT2D eigenvalue weighted by Gasteiger charge is 2.47. The topological polar surface area (TPSA) is 108 Å². The van der Waals surface area contributed by atoms with Gasteiger partial charge < -0.3 is 25.1 Å². The van der Waals surface area contributed by atoms with Gasteiger partial charge in [0.05, 0.1) is 65.1 Å². The molecule has 1 atom stereocenters. The van der Waals surface area contributed by atoms with Crippen LogP contribution in [0.5, 0.6) is 0 Å². The number of carbonyl (C=O) groups excluding carboxylic acids is 2. The largest absolute Gasteiger partial charge is 0.466 e. The van der Waals surface area contributed by atoms with Crippen LogP contribution in [0.2, 0.25) is 5.02 Å². The Hall–Kier alpha value is -3.45. The van der Waals surface area contributed by atoms with Crippen LogP contribution in [0.4, 0.5) is 22.0 Å². The van der Waals surface area contributed by atoms with Crippen molar-refractivity contribution in [3.63, 3.8) is 0 Å². The molecular formula is C25H26ClF5N4O4. The van der Waals surface area contributed by atoms with Crippen molar-refractivity contribution in [1.29, 1.82) is 0 Å². The second-order valence-electron chi connectivity index (χ2n) is 8.81. The summed E-state index contributed by atoms with van der Waals surface area (Å²) in [6, 6.07) is 1.36. The van der Waals surface area contributed by atoms with Crippen LogP contribution in [0, 0.1) is 5.82 Å². The van der Waals surface area contributed by atoms with Crippen molar-refractivity contribution in [2.24, 2.45) is 5.73 Å². The lowest BCUT2D eigenvalue weighted by Crippen LogP contribution is -2.37. The van der Waals surface area contributed by atoms with E-state index in [-0.39, 0.29) is 18.8 Å². The van der Waals surface area contributed by atoms with E-state index in [4.69, 9.17) is 26.8 Å². The van der Waals surface area contributed by atoms with Crippen molar-refractivity contribution >= 4 is 23.5 Å². The first kappa shape index (κ1) is 30.1. The number of rotatable bonds is 9. The fraction of sp³-hybridized carbons (Fsp3) is 0.400. The van der Waals surface area contributed by atoms with Gasteiger partial charge in [0.1, 0.15) is 12.5 Å². The number of esters is 2. The van der Waals surface area contributed by atoms with Crippen LogP contribution in [0.15, 0.2) is 47.2 Å². The van der Waals surface area contributed by atoms with Crippen LogP contribution in [0.1, 0.15) is 36.6 Å². The van der Waals surface area contributed by atoms with Gasteiger partial charge in [-0.2, -0.15) is 13.2 Å². The molecule has 14 heteroatoms. The minimum absolute atomic E-state index is 0.143. The van der Waals surface area contributed by atoms with Crippen LogP contribution in [0.25, 0.3) is 0 Å². The van der Waals surface area contributed by atoms with Crippen molar-refractivity contribution in [2.45, 2.75) is 45.0 Å². The van der Waals surface area contributed by atoms with Gasteiger partial charge in [-0.25, -0.2) is 23.4 Å². The van der Waals surface area contributed by atoms with E-state index in [0.29, 0.717) is 24.2 Å². The first-order valence-electron chi connectivity index (χ1n) is 11.7. The molecule has 0 bridgehead atoms. The van der Waals surface area contributed by atoms with Crippen LogP contribution in [0.3, 0.4) is 0 Å². The molecule has 1 aromatic heterocycles. The molecule has 0 fully saturated rings. The number of imidazole rings is 1. The fourth-order valence-corrected chi connectivity index (χ4v) is 4.56. The molecular weight excluding hydrogens is 551 g/mol. The number of dihydropyridines is 1. The highest BCUT2D eigenvalue weighted by Crippen LogP contribution is 2.48. The number of carbonyl (C=O) groups is 2. The number of benzene rings is 1. The number of nitrogens with one attached hydrogen (secondary N) is 1. The van der Waals surface area contributed by atoms with Gasteiger partial charge in [-0.15, -0.1) is 0 Å². The van der Waals surface area contributed by atoms with Crippen LogP contribution in [-0.2, 0) is 38.2 Å². The zero-order chi connectivity index (χ0) is 29.1. The van der Waals surface area contributed by atoms with Crippen molar-refractivity contribution < 1.29 is 41.0 Å². The van der Waals surface area contributed by atoms with Crippen LogP contribution >= 0.6 is 11.6 Å². The smallest absolute Gasteiger partial charge is 0.418 e. The molecule has 1 aliphatic heterocycles. The Bertz CT molecular complexity index is 1320. The Morgan fingerprint density at radius 3 is 2.44 bits per heavy atom. The second-order valence-corrected chi connectivity index (χ2v) is 9.22. The third kappa shape index (κ3) is 6.41. The Morgan fingerprint density at radius 1 is 1.21 bits per heavy atom. The Morgan fingerprint density at radius 2 is 1.87 bits per heavy atom. The molecule has 0 amide bonds. The normalized spacial score (nSPS) is 16.0. The Labute approximate surface area is 225 Å². The second kappa shape index (κ2) is 12.2. The number of aromatic nitrogens is 2. The molecule has 3 rings (SSSR count). The summed E-state index contributed by atoms with van der Waals surface area (Å²) in [5.74, 6) is -5.96. The quantitative estimate of drug-likeness (QED) is 0.340. The number of hydrogen-bond acceptors (Lipinski definition) is 7. The number of halogens is 6. The van der Waals surface area contributed by atoms with Gasteiger partial charge in [0, 0.05) is 23.9 Å². The summed E-state index contributed by atoms with van der Waals surface area (Å²) < 4.78 is 84.0. The van der Waals surface area contributed by atoms with E-state index in [2.05, 4.69) is 10.3 Å². The maximum Gasteiger partial charge on any atom is 0.418 e. The Balaban J connectivity index is 2.41. The van der Waals surface area contributed by atoms with E-state index in [0.717, 1.165) is 7.11 Å². The summed E-state index contributed by atoms with van der Waals surface area (Å²) in [6.07, 6.45) is -2.62. The average molecular weight is 577 g/mol. The third-order valence-corrected chi connectivity index (χ3v) is 6.09. The van der Waals surface area contributed by atoms with Crippen LogP contribution < -0.4 is 11.1 Å². The van der Waals surface area contributed by atoms with E-state index >= 15 is 4.39 Å². The Kier molecular flexibility index (Phi) is 9.38. The summed E-state index contributed by atoms with van der Waals surface area (Å²) in [4.78, 5) is 30.5. The number of alkyl halides is 4. The first-order chi connectivity index (χ1) is 18.3. The number of ether oxygens (including phenoxy) is 2. The molecule has 1 aromatic carbocycles. The van der Waals surface area contributed by atoms with E-state index in [1.165, 1.54) is 24.7 Å². The maximum absolute atomic E-state index is 15.4. The molecule has 0 radical (unpaired) electrons. The molecule has 39 heavy (non-hydrogen) atoms. The third-order valence-electron chi connectivity index (χ3n) is 5.77. The molecule has 1 aliphatic rings. The van der Waals surface area contributed by atoms with Gasteiger partial charge in [0.2, 0.25) is 0 Å². The highest BCUT2D eigenvalue weighted by molar-refractivity contribution is 6.31. The van der Waals surface area contributed by atoms with E-state index < -0.39 is 75.6 Å². The van der Waals surface area contributed by atoms with Crippen molar-refractivity contribution in [3.05, 3.63) is 74.9 Å².